The van der Waals surface area contributed by atoms with Crippen LogP contribution in [-0.4, -0.2) is 29.7 Å². The van der Waals surface area contributed by atoms with Gasteiger partial charge in [-0.3, -0.25) is 0 Å². The maximum absolute atomic E-state index is 5.40. The highest BCUT2D eigenvalue weighted by Crippen LogP contribution is 2.21. The average Bonchev–Trinajstić information content (AvgIpc) is 2.73. The summed E-state index contributed by atoms with van der Waals surface area (Å²) in [5.74, 6) is 2.48. The Morgan fingerprint density at radius 1 is 1.15 bits per heavy atom. The van der Waals surface area contributed by atoms with Gasteiger partial charge >= 0.3 is 0 Å². The first-order chi connectivity index (χ1) is 9.81. The van der Waals surface area contributed by atoms with Gasteiger partial charge in [-0.2, -0.15) is 0 Å². The van der Waals surface area contributed by atoms with Crippen molar-refractivity contribution in [1.82, 2.24) is 9.97 Å². The zero-order valence-corrected chi connectivity index (χ0v) is 12.6. The van der Waals surface area contributed by atoms with Crippen LogP contribution in [-0.2, 0) is 11.3 Å². The molecule has 0 aromatic carbocycles. The van der Waals surface area contributed by atoms with Gasteiger partial charge in [-0.1, -0.05) is 25.7 Å². The molecule has 1 heterocycles. The SMILES string of the molecule is CCOCc1nc(NC)cc(NC2CCCCCC2)n1. The van der Waals surface area contributed by atoms with E-state index >= 15 is 0 Å². The lowest BCUT2D eigenvalue weighted by Crippen LogP contribution is -2.20. The van der Waals surface area contributed by atoms with Crippen molar-refractivity contribution in [3.05, 3.63) is 11.9 Å². The van der Waals surface area contributed by atoms with Gasteiger partial charge in [0.15, 0.2) is 5.82 Å². The van der Waals surface area contributed by atoms with E-state index in [1.807, 2.05) is 20.0 Å². The standard InChI is InChI=1S/C15H26N4O/c1-3-20-11-15-18-13(16-2)10-14(19-15)17-12-8-6-4-5-7-9-12/h10,12H,3-9,11H2,1-2H3,(H2,16,17,18,19). The van der Waals surface area contributed by atoms with Gasteiger partial charge in [0.05, 0.1) is 0 Å². The molecule has 0 saturated heterocycles. The fourth-order valence-electron chi connectivity index (χ4n) is 2.59. The molecule has 1 aromatic rings. The molecule has 0 unspecified atom stereocenters. The largest absolute Gasteiger partial charge is 0.374 e. The number of rotatable bonds is 6. The van der Waals surface area contributed by atoms with E-state index in [9.17, 15) is 0 Å². The van der Waals surface area contributed by atoms with Crippen LogP contribution in [0.25, 0.3) is 0 Å². The molecule has 1 aliphatic rings. The van der Waals surface area contributed by atoms with Crippen molar-refractivity contribution in [2.75, 3.05) is 24.3 Å². The van der Waals surface area contributed by atoms with E-state index in [0.29, 0.717) is 19.3 Å². The predicted octanol–water partition coefficient (Wildman–Crippen LogP) is 3.19. The number of anilines is 2. The molecule has 1 fully saturated rings. The number of nitrogens with one attached hydrogen (secondary N) is 2. The fourth-order valence-corrected chi connectivity index (χ4v) is 2.59. The molecule has 0 amide bonds. The molecule has 1 saturated carbocycles. The lowest BCUT2D eigenvalue weighted by molar-refractivity contribution is 0.128. The van der Waals surface area contributed by atoms with Crippen LogP contribution in [0, 0.1) is 0 Å². The van der Waals surface area contributed by atoms with Crippen LogP contribution in [0.5, 0.6) is 0 Å². The van der Waals surface area contributed by atoms with E-state index < -0.39 is 0 Å². The third-order valence-corrected chi connectivity index (χ3v) is 3.67. The quantitative estimate of drug-likeness (QED) is 0.783. The summed E-state index contributed by atoms with van der Waals surface area (Å²) in [6.45, 7) is 3.12. The van der Waals surface area contributed by atoms with Crippen LogP contribution in [0.2, 0.25) is 0 Å². The van der Waals surface area contributed by atoms with E-state index in [2.05, 4.69) is 20.6 Å². The molecule has 0 bridgehead atoms. The summed E-state index contributed by atoms with van der Waals surface area (Å²) >= 11 is 0. The van der Waals surface area contributed by atoms with Crippen molar-refractivity contribution in [2.24, 2.45) is 0 Å². The monoisotopic (exact) mass is 278 g/mol. The number of nitrogens with zero attached hydrogens (tertiary/aromatic N) is 2. The summed E-state index contributed by atoms with van der Waals surface area (Å²) in [6, 6.07) is 2.51. The summed E-state index contributed by atoms with van der Waals surface area (Å²) < 4.78 is 5.40. The molecule has 2 rings (SSSR count). The first-order valence-electron chi connectivity index (χ1n) is 7.71. The van der Waals surface area contributed by atoms with Gasteiger partial charge in [-0.05, 0) is 19.8 Å². The maximum atomic E-state index is 5.40. The maximum Gasteiger partial charge on any atom is 0.158 e. The molecule has 1 aromatic heterocycles. The Morgan fingerprint density at radius 2 is 1.85 bits per heavy atom. The van der Waals surface area contributed by atoms with E-state index in [1.54, 1.807) is 0 Å². The lowest BCUT2D eigenvalue weighted by atomic mass is 10.1. The second-order valence-corrected chi connectivity index (χ2v) is 5.27. The van der Waals surface area contributed by atoms with Gasteiger partial charge in [0.25, 0.3) is 0 Å². The third-order valence-electron chi connectivity index (χ3n) is 3.67. The first-order valence-corrected chi connectivity index (χ1v) is 7.71. The fraction of sp³-hybridized carbons (Fsp3) is 0.733. The molecule has 0 aliphatic heterocycles. The zero-order valence-electron chi connectivity index (χ0n) is 12.6. The molecule has 0 radical (unpaired) electrons. The Labute approximate surface area is 121 Å². The van der Waals surface area contributed by atoms with E-state index in [1.165, 1.54) is 38.5 Å². The zero-order chi connectivity index (χ0) is 14.2. The highest BCUT2D eigenvalue weighted by atomic mass is 16.5. The Balaban J connectivity index is 2.04. The molecule has 1 aliphatic carbocycles. The smallest absolute Gasteiger partial charge is 0.158 e. The van der Waals surface area contributed by atoms with E-state index in [-0.39, 0.29) is 0 Å². The molecule has 0 spiro atoms. The van der Waals surface area contributed by atoms with Crippen LogP contribution in [0.15, 0.2) is 6.07 Å². The molecule has 2 N–H and O–H groups in total. The van der Waals surface area contributed by atoms with Crippen molar-refractivity contribution in [2.45, 2.75) is 58.1 Å². The Bertz CT molecular complexity index is 403. The minimum absolute atomic E-state index is 0.464. The highest BCUT2D eigenvalue weighted by Gasteiger charge is 2.13. The number of hydrogen-bond donors (Lipinski definition) is 2. The topological polar surface area (TPSA) is 59.1 Å². The molecule has 5 nitrogen and oxygen atoms in total. The Hall–Kier alpha value is -1.36. The van der Waals surface area contributed by atoms with Gasteiger partial charge in [0, 0.05) is 25.8 Å². The van der Waals surface area contributed by atoms with Gasteiger partial charge in [0.1, 0.15) is 18.2 Å². The Kier molecular flexibility index (Phi) is 6.05. The summed E-state index contributed by atoms with van der Waals surface area (Å²) in [7, 11) is 1.88. The van der Waals surface area contributed by atoms with Crippen molar-refractivity contribution in [1.29, 1.82) is 0 Å². The summed E-state index contributed by atoms with van der Waals surface area (Å²) in [6.07, 6.45) is 7.82. The second kappa shape index (κ2) is 8.04. The van der Waals surface area contributed by atoms with Gasteiger partial charge in [-0.25, -0.2) is 9.97 Å². The molecular formula is C15H26N4O. The summed E-state index contributed by atoms with van der Waals surface area (Å²) in [5.41, 5.74) is 0. The molecule has 20 heavy (non-hydrogen) atoms. The van der Waals surface area contributed by atoms with E-state index in [4.69, 9.17) is 4.74 Å². The lowest BCUT2D eigenvalue weighted by Gasteiger charge is -2.18. The van der Waals surface area contributed by atoms with Crippen molar-refractivity contribution in [3.8, 4) is 0 Å². The molecule has 112 valence electrons. The minimum Gasteiger partial charge on any atom is -0.374 e. The van der Waals surface area contributed by atoms with E-state index in [0.717, 1.165) is 17.5 Å². The highest BCUT2D eigenvalue weighted by molar-refractivity contribution is 5.47. The van der Waals surface area contributed by atoms with Crippen molar-refractivity contribution >= 4 is 11.6 Å². The normalized spacial score (nSPS) is 16.7. The minimum atomic E-state index is 0.464. The van der Waals surface area contributed by atoms with Crippen LogP contribution in [0.1, 0.15) is 51.3 Å². The number of aromatic nitrogens is 2. The third kappa shape index (κ3) is 4.63. The van der Waals surface area contributed by atoms with Crippen LogP contribution < -0.4 is 10.6 Å². The molecule has 0 atom stereocenters. The average molecular weight is 278 g/mol. The molecular weight excluding hydrogens is 252 g/mol. The number of ether oxygens (including phenoxy) is 1. The predicted molar refractivity (Wildman–Crippen MR) is 82.0 cm³/mol. The summed E-state index contributed by atoms with van der Waals surface area (Å²) in [4.78, 5) is 8.97. The molecule has 5 heteroatoms. The van der Waals surface area contributed by atoms with Gasteiger partial charge in [0.2, 0.25) is 0 Å². The van der Waals surface area contributed by atoms with Crippen LogP contribution in [0.3, 0.4) is 0 Å². The van der Waals surface area contributed by atoms with Crippen molar-refractivity contribution < 1.29 is 4.74 Å². The van der Waals surface area contributed by atoms with Crippen LogP contribution in [0.4, 0.5) is 11.6 Å². The van der Waals surface area contributed by atoms with Crippen molar-refractivity contribution in [3.63, 3.8) is 0 Å². The van der Waals surface area contributed by atoms with Gasteiger partial charge < -0.3 is 15.4 Å². The first kappa shape index (κ1) is 15.0. The second-order valence-electron chi connectivity index (χ2n) is 5.27. The number of hydrogen-bond acceptors (Lipinski definition) is 5. The Morgan fingerprint density at radius 3 is 2.50 bits per heavy atom. The van der Waals surface area contributed by atoms with Crippen LogP contribution >= 0.6 is 0 Å². The summed E-state index contributed by atoms with van der Waals surface area (Å²) in [5, 5.41) is 6.65. The van der Waals surface area contributed by atoms with Gasteiger partial charge in [-0.15, -0.1) is 0 Å².